The van der Waals surface area contributed by atoms with E-state index in [9.17, 15) is 49.5 Å². The van der Waals surface area contributed by atoms with Gasteiger partial charge in [0, 0.05) is 11.5 Å². The molecule has 0 aliphatic rings. The molecule has 0 unspecified atom stereocenters. The molecule has 18 heteroatoms. The quantitative estimate of drug-likeness (QED) is 0.0707. The van der Waals surface area contributed by atoms with E-state index in [0.717, 1.165) is 21.6 Å². The third-order valence-corrected chi connectivity index (χ3v) is 6.22. The summed E-state index contributed by atoms with van der Waals surface area (Å²) in [5.74, 6) is -7.26. The number of carbonyl (C=O) groups is 5. The zero-order valence-electron chi connectivity index (χ0n) is 25.0. The van der Waals surface area contributed by atoms with Crippen LogP contribution in [0.4, 0.5) is 11.4 Å². The first-order chi connectivity index (χ1) is 21.8. The number of carbonyl (C=O) groups excluding carboxylic acids is 1. The van der Waals surface area contributed by atoms with E-state index >= 15 is 0 Å². The van der Waals surface area contributed by atoms with Crippen LogP contribution < -0.4 is 75.8 Å². The molecule has 0 atom stereocenters. The molecule has 0 saturated carbocycles. The van der Waals surface area contributed by atoms with Gasteiger partial charge >= 0.3 is 75.3 Å². The molecule has 4 rings (SSSR count). The normalized spacial score (nSPS) is 10.6. The predicted molar refractivity (Wildman–Crippen MR) is 153 cm³/mol. The first-order valence-corrected chi connectivity index (χ1v) is 13.3. The van der Waals surface area contributed by atoms with Crippen LogP contribution in [0.3, 0.4) is 0 Å². The Balaban J connectivity index is 0.00000600. The van der Waals surface area contributed by atoms with Crippen molar-refractivity contribution >= 4 is 52.2 Å². The number of aromatic nitrogens is 1. The van der Waals surface area contributed by atoms with E-state index in [1.54, 1.807) is 19.1 Å². The number of aliphatic carboxylic acids is 4. The number of benzene rings is 2. The average Bonchev–Trinajstić information content (AvgIpc) is 3.61. The van der Waals surface area contributed by atoms with E-state index in [4.69, 9.17) is 18.3 Å². The van der Waals surface area contributed by atoms with Crippen molar-refractivity contribution in [1.82, 2.24) is 4.98 Å². The Kier molecular flexibility index (Phi) is 12.8. The summed E-state index contributed by atoms with van der Waals surface area (Å²) in [7, 11) is 0. The van der Waals surface area contributed by atoms with Gasteiger partial charge < -0.3 is 58.4 Å². The Morgan fingerprint density at radius 1 is 0.766 bits per heavy atom. The van der Waals surface area contributed by atoms with Gasteiger partial charge in [-0.2, -0.15) is 0 Å². The summed E-state index contributed by atoms with van der Waals surface area (Å²) < 4.78 is 22.6. The third kappa shape index (κ3) is 9.93. The first kappa shape index (κ1) is 36.8. The van der Waals surface area contributed by atoms with Crippen molar-refractivity contribution in [3.63, 3.8) is 0 Å². The van der Waals surface area contributed by atoms with Crippen LogP contribution >= 0.6 is 0 Å². The Bertz CT molecular complexity index is 1770. The molecule has 47 heavy (non-hydrogen) atoms. The molecule has 0 spiro atoms. The van der Waals surface area contributed by atoms with Gasteiger partial charge in [0.15, 0.2) is 11.5 Å². The molecule has 242 valence electrons. The van der Waals surface area contributed by atoms with E-state index < -0.39 is 61.8 Å². The average molecular weight is 680 g/mol. The molecule has 0 fully saturated rings. The van der Waals surface area contributed by atoms with E-state index in [1.807, 2.05) is 0 Å². The molecular formula is C29H26KN3O14. The molecule has 0 amide bonds. The topological polar surface area (TPSA) is 253 Å². The Hall–Kier alpha value is -4.62. The van der Waals surface area contributed by atoms with E-state index in [0.29, 0.717) is 5.39 Å². The van der Waals surface area contributed by atoms with Crippen LogP contribution in [-0.4, -0.2) is 94.6 Å². The standard InChI is InChI=1S/C29H27N3O14.K/c1-15-2-3-17(31(11-24(33)34)12-25(35)36)20(6-15)43-4-5-44-21-7-16-8-22(28-30-10-23(46-28)29(41)42)45-19(16)9-18(21)32(13-26(37)38)14-27(39)40;/h2-3,6-10H,4-5,11-14H2,1H3,(H,33,34)(H,35,36)(H,37,38)(H,39,40)(H,41,42);/q;+1/p-1. The summed E-state index contributed by atoms with van der Waals surface area (Å²) >= 11 is 0. The molecular weight excluding hydrogens is 653 g/mol. The van der Waals surface area contributed by atoms with Gasteiger partial charge in [-0.25, -0.2) is 4.98 Å². The number of rotatable bonds is 17. The van der Waals surface area contributed by atoms with Crippen molar-refractivity contribution in [1.29, 1.82) is 0 Å². The smallest absolute Gasteiger partial charge is 0.541 e. The minimum atomic E-state index is -1.60. The van der Waals surface area contributed by atoms with Crippen LogP contribution in [0.15, 0.2) is 51.4 Å². The van der Waals surface area contributed by atoms with Gasteiger partial charge in [0.25, 0.3) is 5.89 Å². The van der Waals surface area contributed by atoms with E-state index in [2.05, 4.69) is 4.98 Å². The molecule has 0 aliphatic carbocycles. The minimum absolute atomic E-state index is 0. The monoisotopic (exact) mass is 679 g/mol. The molecule has 0 bridgehead atoms. The number of carboxylic acids is 5. The molecule has 2 heterocycles. The van der Waals surface area contributed by atoms with Gasteiger partial charge in [0.2, 0.25) is 0 Å². The molecule has 0 aliphatic heterocycles. The number of hydrogen-bond donors (Lipinski definition) is 4. The SMILES string of the molecule is Cc1ccc(N(CC(=O)O)CC(=O)O)c(OCCOc2cc3cc(-c4ncc(C(=O)[O-])o4)oc3cc2N(CC(=O)O)CC(=O)O)c1.[K+]. The number of aryl methyl sites for hydroxylation is 1. The second-order valence-corrected chi connectivity index (χ2v) is 9.74. The number of fused-ring (bicyclic) bond motifs is 1. The van der Waals surface area contributed by atoms with Gasteiger partial charge in [-0.1, -0.05) is 6.07 Å². The van der Waals surface area contributed by atoms with Crippen LogP contribution in [0.25, 0.3) is 22.6 Å². The molecule has 4 N–H and O–H groups in total. The van der Waals surface area contributed by atoms with Crippen LogP contribution in [0.5, 0.6) is 11.5 Å². The van der Waals surface area contributed by atoms with Crippen LogP contribution in [0.2, 0.25) is 0 Å². The minimum Gasteiger partial charge on any atom is -0.541 e. The number of furan rings is 1. The summed E-state index contributed by atoms with van der Waals surface area (Å²) in [6.07, 6.45) is 0.932. The summed E-state index contributed by atoms with van der Waals surface area (Å²) in [6, 6.07) is 9.01. The molecule has 0 radical (unpaired) electrons. The second-order valence-electron chi connectivity index (χ2n) is 9.74. The van der Waals surface area contributed by atoms with Gasteiger partial charge in [-0.3, -0.25) is 19.2 Å². The van der Waals surface area contributed by atoms with E-state index in [-0.39, 0.29) is 105 Å². The number of anilines is 2. The summed E-state index contributed by atoms with van der Waals surface area (Å²) in [4.78, 5) is 63.0. The summed E-state index contributed by atoms with van der Waals surface area (Å²) in [6.45, 7) is -1.24. The molecule has 4 aromatic rings. The van der Waals surface area contributed by atoms with Crippen molar-refractivity contribution in [2.45, 2.75) is 6.92 Å². The number of carboxylic acid groups (broad SMARTS) is 5. The van der Waals surface area contributed by atoms with Crippen LogP contribution in [0.1, 0.15) is 16.1 Å². The van der Waals surface area contributed by atoms with Crippen molar-refractivity contribution in [2.75, 3.05) is 49.2 Å². The zero-order chi connectivity index (χ0) is 33.5. The van der Waals surface area contributed by atoms with Crippen molar-refractivity contribution in [3.8, 4) is 23.1 Å². The molecule has 0 saturated heterocycles. The number of nitrogens with zero attached hydrogens (tertiary/aromatic N) is 3. The van der Waals surface area contributed by atoms with E-state index in [1.165, 1.54) is 24.3 Å². The predicted octanol–water partition coefficient (Wildman–Crippen LogP) is -1.83. The molecule has 2 aromatic heterocycles. The van der Waals surface area contributed by atoms with Gasteiger partial charge in [-0.15, -0.1) is 0 Å². The van der Waals surface area contributed by atoms with Crippen LogP contribution in [0, 0.1) is 6.92 Å². The maximum absolute atomic E-state index is 11.6. The van der Waals surface area contributed by atoms with Crippen molar-refractivity contribution < 1.29 is 119 Å². The van der Waals surface area contributed by atoms with Crippen LogP contribution in [-0.2, 0) is 19.2 Å². The fourth-order valence-corrected chi connectivity index (χ4v) is 4.41. The molecule has 2 aromatic carbocycles. The Morgan fingerprint density at radius 3 is 1.81 bits per heavy atom. The fourth-order valence-electron chi connectivity index (χ4n) is 4.41. The Labute approximate surface area is 307 Å². The maximum Gasteiger partial charge on any atom is 1.00 e. The van der Waals surface area contributed by atoms with Gasteiger partial charge in [0.05, 0.1) is 17.6 Å². The maximum atomic E-state index is 11.6. The number of oxazole rings is 1. The summed E-state index contributed by atoms with van der Waals surface area (Å²) in [5.41, 5.74) is 1.13. The third-order valence-electron chi connectivity index (χ3n) is 6.22. The van der Waals surface area contributed by atoms with Crippen molar-refractivity contribution in [3.05, 3.63) is 53.9 Å². The molecule has 17 nitrogen and oxygen atoms in total. The summed E-state index contributed by atoms with van der Waals surface area (Å²) in [5, 5.41) is 48.9. The second kappa shape index (κ2) is 16.3. The number of hydrogen-bond acceptors (Lipinski definition) is 13. The Morgan fingerprint density at radius 2 is 1.30 bits per heavy atom. The first-order valence-electron chi connectivity index (χ1n) is 13.3. The van der Waals surface area contributed by atoms with Gasteiger partial charge in [-0.05, 0) is 36.8 Å². The zero-order valence-corrected chi connectivity index (χ0v) is 28.1. The largest absolute Gasteiger partial charge is 1.00 e. The number of aromatic carboxylic acids is 1. The van der Waals surface area contributed by atoms with Gasteiger partial charge in [0.1, 0.15) is 62.4 Å². The fraction of sp³-hybridized carbons (Fsp3) is 0.241. The number of ether oxygens (including phenoxy) is 2. The van der Waals surface area contributed by atoms with Crippen molar-refractivity contribution in [2.24, 2.45) is 0 Å².